The van der Waals surface area contributed by atoms with Crippen molar-refractivity contribution in [3.63, 3.8) is 0 Å². The molecule has 1 saturated carbocycles. The first-order valence-corrected chi connectivity index (χ1v) is 13.1. The molecule has 0 amide bonds. The van der Waals surface area contributed by atoms with E-state index in [1.54, 1.807) is 29.8 Å². The van der Waals surface area contributed by atoms with Gasteiger partial charge in [-0.05, 0) is 76.4 Å². The van der Waals surface area contributed by atoms with Gasteiger partial charge in [0.25, 0.3) is 0 Å². The Hall–Kier alpha value is -2.85. The number of rotatable bonds is 2. The molecule has 172 valence electrons. The van der Waals surface area contributed by atoms with E-state index in [9.17, 15) is 4.39 Å². The van der Waals surface area contributed by atoms with Crippen LogP contribution in [-0.4, -0.2) is 9.97 Å². The summed E-state index contributed by atoms with van der Waals surface area (Å²) in [6.45, 7) is 6.62. The second-order valence-electron chi connectivity index (χ2n) is 10.7. The predicted molar refractivity (Wildman–Crippen MR) is 142 cm³/mol. The molecule has 0 bridgehead atoms. The van der Waals surface area contributed by atoms with Gasteiger partial charge in [0.2, 0.25) is 0 Å². The third kappa shape index (κ3) is 3.69. The fraction of sp³-hybridized carbons (Fsp3) is 0.333. The number of hydrogen-bond acceptors (Lipinski definition) is 3. The normalized spacial score (nSPS) is 15.5. The molecule has 0 atom stereocenters. The van der Waals surface area contributed by atoms with Crippen LogP contribution >= 0.6 is 11.3 Å². The summed E-state index contributed by atoms with van der Waals surface area (Å²) >= 11 is 1.78. The lowest BCUT2D eigenvalue weighted by molar-refractivity contribution is 0.444. The molecule has 34 heavy (non-hydrogen) atoms. The first-order valence-electron chi connectivity index (χ1n) is 12.3. The molecule has 1 aliphatic rings. The first-order chi connectivity index (χ1) is 16.4. The molecule has 0 spiro atoms. The van der Waals surface area contributed by atoms with Crippen LogP contribution in [0.1, 0.15) is 69.9 Å². The molecule has 5 aromatic rings. The van der Waals surface area contributed by atoms with E-state index < -0.39 is 0 Å². The summed E-state index contributed by atoms with van der Waals surface area (Å²) in [6, 6.07) is 16.3. The van der Waals surface area contributed by atoms with Crippen LogP contribution in [0.25, 0.3) is 42.3 Å². The molecule has 3 aromatic carbocycles. The number of hydrogen-bond donors (Lipinski definition) is 0. The molecule has 2 heterocycles. The van der Waals surface area contributed by atoms with Gasteiger partial charge in [0.15, 0.2) is 0 Å². The maximum Gasteiger partial charge on any atom is 0.123 e. The quantitative estimate of drug-likeness (QED) is 0.258. The lowest BCUT2D eigenvalue weighted by Gasteiger charge is -2.22. The van der Waals surface area contributed by atoms with Gasteiger partial charge < -0.3 is 0 Å². The molecule has 0 radical (unpaired) electrons. The average Bonchev–Trinajstić information content (AvgIpc) is 3.21. The van der Waals surface area contributed by atoms with Crippen molar-refractivity contribution in [2.24, 2.45) is 0 Å². The average molecular weight is 469 g/mol. The Kier molecular flexibility index (Phi) is 5.18. The van der Waals surface area contributed by atoms with Crippen molar-refractivity contribution in [1.82, 2.24) is 9.97 Å². The van der Waals surface area contributed by atoms with Crippen LogP contribution < -0.4 is 0 Å². The van der Waals surface area contributed by atoms with Crippen molar-refractivity contribution in [2.75, 3.05) is 0 Å². The van der Waals surface area contributed by atoms with Crippen LogP contribution in [0.2, 0.25) is 0 Å². The first kappa shape index (κ1) is 21.7. The van der Waals surface area contributed by atoms with Crippen molar-refractivity contribution < 1.29 is 4.39 Å². The Morgan fingerprint density at radius 2 is 1.68 bits per heavy atom. The molecule has 1 aliphatic carbocycles. The van der Waals surface area contributed by atoms with E-state index in [0.717, 1.165) is 32.2 Å². The van der Waals surface area contributed by atoms with Gasteiger partial charge in [-0.25, -0.2) is 14.4 Å². The van der Waals surface area contributed by atoms with E-state index in [1.165, 1.54) is 53.3 Å². The third-order valence-electron chi connectivity index (χ3n) is 7.35. The van der Waals surface area contributed by atoms with E-state index in [2.05, 4.69) is 56.1 Å². The number of nitrogens with zero attached hydrogens (tertiary/aromatic N) is 2. The lowest BCUT2D eigenvalue weighted by Crippen LogP contribution is -2.12. The van der Waals surface area contributed by atoms with Crippen molar-refractivity contribution in [3.8, 4) is 11.3 Å². The highest BCUT2D eigenvalue weighted by atomic mass is 32.1. The minimum Gasteiger partial charge on any atom is -0.235 e. The Balaban J connectivity index is 1.56. The summed E-state index contributed by atoms with van der Waals surface area (Å²) < 4.78 is 16.5. The highest BCUT2D eigenvalue weighted by Gasteiger charge is 2.21. The van der Waals surface area contributed by atoms with Crippen LogP contribution in [0.4, 0.5) is 4.39 Å². The third-order valence-corrected chi connectivity index (χ3v) is 8.50. The monoisotopic (exact) mass is 468 g/mol. The molecular weight excluding hydrogens is 439 g/mol. The topological polar surface area (TPSA) is 25.8 Å². The molecule has 0 saturated heterocycles. The second-order valence-corrected chi connectivity index (χ2v) is 11.8. The van der Waals surface area contributed by atoms with Gasteiger partial charge in [-0.15, -0.1) is 11.3 Å². The zero-order chi connectivity index (χ0) is 23.4. The van der Waals surface area contributed by atoms with Gasteiger partial charge in [0.05, 0.1) is 15.9 Å². The van der Waals surface area contributed by atoms with Gasteiger partial charge >= 0.3 is 0 Å². The molecule has 2 aromatic heterocycles. The van der Waals surface area contributed by atoms with Gasteiger partial charge in [-0.1, -0.05) is 58.2 Å². The molecule has 0 unspecified atom stereocenters. The largest absolute Gasteiger partial charge is 0.235 e. The molecule has 1 fully saturated rings. The maximum absolute atomic E-state index is 14.2. The van der Waals surface area contributed by atoms with Crippen LogP contribution in [0.15, 0.2) is 54.9 Å². The summed E-state index contributed by atoms with van der Waals surface area (Å²) in [5.41, 5.74) is 5.55. The van der Waals surface area contributed by atoms with Crippen LogP contribution in [0.3, 0.4) is 0 Å². The highest BCUT2D eigenvalue weighted by molar-refractivity contribution is 7.26. The zero-order valence-corrected chi connectivity index (χ0v) is 20.8. The van der Waals surface area contributed by atoms with E-state index in [4.69, 9.17) is 4.98 Å². The van der Waals surface area contributed by atoms with E-state index in [-0.39, 0.29) is 11.2 Å². The van der Waals surface area contributed by atoms with E-state index in [0.29, 0.717) is 5.92 Å². The smallest absolute Gasteiger partial charge is 0.123 e. The fourth-order valence-corrected chi connectivity index (χ4v) is 6.80. The second kappa shape index (κ2) is 8.13. The van der Waals surface area contributed by atoms with Gasteiger partial charge in [0.1, 0.15) is 12.1 Å². The summed E-state index contributed by atoms with van der Waals surface area (Å²) in [5, 5.41) is 3.21. The van der Waals surface area contributed by atoms with Gasteiger partial charge in [-0.2, -0.15) is 0 Å². The predicted octanol–water partition coefficient (Wildman–Crippen LogP) is 9.15. The Morgan fingerprint density at radius 1 is 0.882 bits per heavy atom. The SMILES string of the molecule is CC(C)(C)c1cc(-c2ncnc3c2sc2cc(C4CCCCC4)ccc23)cc2cc(F)ccc12. The molecule has 6 rings (SSSR count). The Morgan fingerprint density at radius 3 is 2.47 bits per heavy atom. The number of aromatic nitrogens is 2. The van der Waals surface area contributed by atoms with Gasteiger partial charge in [0, 0.05) is 15.6 Å². The Labute approximate surface area is 203 Å². The highest BCUT2D eigenvalue weighted by Crippen LogP contribution is 2.42. The van der Waals surface area contributed by atoms with Crippen molar-refractivity contribution >= 4 is 42.4 Å². The van der Waals surface area contributed by atoms with Crippen molar-refractivity contribution in [1.29, 1.82) is 0 Å². The molecule has 0 aliphatic heterocycles. The summed E-state index contributed by atoms with van der Waals surface area (Å²) in [6.07, 6.45) is 8.31. The fourth-order valence-electron chi connectivity index (χ4n) is 5.58. The molecule has 4 heteroatoms. The Bertz CT molecular complexity index is 1540. The van der Waals surface area contributed by atoms with Gasteiger partial charge in [-0.3, -0.25) is 0 Å². The zero-order valence-electron chi connectivity index (χ0n) is 20.0. The number of halogens is 1. The van der Waals surface area contributed by atoms with Crippen LogP contribution in [0, 0.1) is 5.82 Å². The minimum atomic E-state index is -0.213. The van der Waals surface area contributed by atoms with E-state index >= 15 is 0 Å². The molecule has 2 nitrogen and oxygen atoms in total. The van der Waals surface area contributed by atoms with Crippen molar-refractivity contribution in [3.05, 3.63) is 71.8 Å². The minimum absolute atomic E-state index is 0.0761. The summed E-state index contributed by atoms with van der Waals surface area (Å²) in [7, 11) is 0. The van der Waals surface area contributed by atoms with E-state index in [1.807, 2.05) is 6.07 Å². The number of benzene rings is 3. The summed E-state index contributed by atoms with van der Waals surface area (Å²) in [4.78, 5) is 9.43. The van der Waals surface area contributed by atoms with Crippen molar-refractivity contribution in [2.45, 2.75) is 64.2 Å². The maximum atomic E-state index is 14.2. The lowest BCUT2D eigenvalue weighted by atomic mass is 9.82. The van der Waals surface area contributed by atoms with Crippen LogP contribution in [-0.2, 0) is 5.41 Å². The number of fused-ring (bicyclic) bond motifs is 4. The molecule has 0 N–H and O–H groups in total. The standard InChI is InChI=1S/C30H29FN2S/c1-30(2,3)25-15-21(13-20-14-22(31)10-12-23(20)25)27-29-28(33-17-32-27)24-11-9-19(16-26(24)34-29)18-7-5-4-6-8-18/h9-18H,4-8H2,1-3H3. The molecular formula is C30H29FN2S. The summed E-state index contributed by atoms with van der Waals surface area (Å²) in [5.74, 6) is 0.466. The van der Waals surface area contributed by atoms with Crippen LogP contribution in [0.5, 0.6) is 0 Å². The number of thiophene rings is 1.